The van der Waals surface area contributed by atoms with Crippen LogP contribution in [0.2, 0.25) is 5.02 Å². The minimum atomic E-state index is -0.484. The molecule has 3 aromatic rings. The maximum Gasteiger partial charge on any atom is 0.223 e. The second-order valence-electron chi connectivity index (χ2n) is 10.5. The van der Waals surface area contributed by atoms with Gasteiger partial charge in [0.1, 0.15) is 5.75 Å². The van der Waals surface area contributed by atoms with Gasteiger partial charge in [0, 0.05) is 62.7 Å². The Hall–Kier alpha value is -3.32. The fraction of sp³-hybridized carbons (Fsp3) is 0.433. The highest BCUT2D eigenvalue weighted by atomic mass is 35.5. The lowest BCUT2D eigenvalue weighted by Gasteiger charge is -2.43. The van der Waals surface area contributed by atoms with Crippen LogP contribution in [0.4, 0.5) is 0 Å². The molecular weight excluding hydrogens is 500 g/mol. The highest BCUT2D eigenvalue weighted by molar-refractivity contribution is 6.30. The number of carbonyl (C=O) groups is 2. The van der Waals surface area contributed by atoms with E-state index in [1.807, 2.05) is 79.3 Å². The number of hydrogen-bond donors (Lipinski definition) is 0. The third-order valence-electron chi connectivity index (χ3n) is 7.51. The summed E-state index contributed by atoms with van der Waals surface area (Å²) in [6, 6.07) is 17.3. The van der Waals surface area contributed by atoms with Gasteiger partial charge in [-0.3, -0.25) is 14.3 Å². The van der Waals surface area contributed by atoms with E-state index in [1.54, 1.807) is 17.0 Å². The molecule has 2 aromatic carbocycles. The summed E-state index contributed by atoms with van der Waals surface area (Å²) in [5, 5.41) is 4.89. The number of ether oxygens (including phenoxy) is 1. The van der Waals surface area contributed by atoms with E-state index in [1.165, 1.54) is 0 Å². The van der Waals surface area contributed by atoms with Gasteiger partial charge in [-0.2, -0.15) is 5.10 Å². The van der Waals surface area contributed by atoms with Gasteiger partial charge in [0.15, 0.2) is 0 Å². The topological polar surface area (TPSA) is 67.7 Å². The van der Waals surface area contributed by atoms with Crippen LogP contribution in [0.1, 0.15) is 42.5 Å². The van der Waals surface area contributed by atoms with Gasteiger partial charge in [0.05, 0.1) is 12.8 Å². The summed E-state index contributed by atoms with van der Waals surface area (Å²) < 4.78 is 8.03. The minimum Gasteiger partial charge on any atom is -0.493 e. The monoisotopic (exact) mass is 536 g/mol. The molecule has 0 N–H and O–H groups in total. The van der Waals surface area contributed by atoms with Crippen molar-refractivity contribution in [2.45, 2.75) is 45.6 Å². The first-order valence-electron chi connectivity index (χ1n) is 13.2. The number of aryl methyl sites for hydroxylation is 2. The van der Waals surface area contributed by atoms with Gasteiger partial charge < -0.3 is 14.5 Å². The number of benzene rings is 2. The van der Waals surface area contributed by atoms with E-state index in [9.17, 15) is 9.59 Å². The number of amides is 2. The third kappa shape index (κ3) is 7.16. The van der Waals surface area contributed by atoms with Crippen molar-refractivity contribution in [3.05, 3.63) is 82.6 Å². The predicted molar refractivity (Wildman–Crippen MR) is 149 cm³/mol. The molecule has 0 spiro atoms. The van der Waals surface area contributed by atoms with Crippen molar-refractivity contribution < 1.29 is 14.3 Å². The van der Waals surface area contributed by atoms with Crippen LogP contribution < -0.4 is 4.74 Å². The lowest BCUT2D eigenvalue weighted by atomic mass is 9.77. The van der Waals surface area contributed by atoms with Crippen molar-refractivity contribution in [2.24, 2.45) is 12.5 Å². The molecule has 1 fully saturated rings. The van der Waals surface area contributed by atoms with Crippen molar-refractivity contribution in [3.8, 4) is 5.75 Å². The van der Waals surface area contributed by atoms with Crippen LogP contribution >= 0.6 is 11.6 Å². The summed E-state index contributed by atoms with van der Waals surface area (Å²) in [7, 11) is 3.74. The van der Waals surface area contributed by atoms with Gasteiger partial charge in [0.2, 0.25) is 11.8 Å². The van der Waals surface area contributed by atoms with Gasteiger partial charge in [0.25, 0.3) is 0 Å². The van der Waals surface area contributed by atoms with Crippen molar-refractivity contribution in [3.63, 3.8) is 0 Å². The molecule has 2 amide bonds. The second kappa shape index (κ2) is 12.5. The minimum absolute atomic E-state index is 0.0452. The molecule has 1 aromatic heterocycles. The molecule has 38 heavy (non-hydrogen) atoms. The van der Waals surface area contributed by atoms with Gasteiger partial charge in [-0.1, -0.05) is 48.0 Å². The molecule has 2 heterocycles. The fourth-order valence-electron chi connectivity index (χ4n) is 5.12. The number of carbonyl (C=O) groups excluding carboxylic acids is 2. The summed E-state index contributed by atoms with van der Waals surface area (Å²) in [6.45, 7) is 4.08. The molecule has 0 saturated carbocycles. The van der Waals surface area contributed by atoms with E-state index in [0.29, 0.717) is 56.3 Å². The van der Waals surface area contributed by atoms with Crippen LogP contribution in [-0.4, -0.2) is 58.1 Å². The highest BCUT2D eigenvalue weighted by Gasteiger charge is 2.40. The first-order chi connectivity index (χ1) is 18.2. The zero-order valence-electron chi connectivity index (χ0n) is 22.5. The smallest absolute Gasteiger partial charge is 0.223 e. The Morgan fingerprint density at radius 1 is 1.16 bits per heavy atom. The van der Waals surface area contributed by atoms with Crippen LogP contribution in [0.25, 0.3) is 0 Å². The predicted octanol–water partition coefficient (Wildman–Crippen LogP) is 5.05. The van der Waals surface area contributed by atoms with Gasteiger partial charge in [-0.15, -0.1) is 0 Å². The number of aromatic nitrogens is 2. The Morgan fingerprint density at radius 3 is 2.66 bits per heavy atom. The quantitative estimate of drug-likeness (QED) is 0.363. The Labute approximate surface area is 230 Å². The number of hydrogen-bond acceptors (Lipinski definition) is 4. The number of rotatable bonds is 10. The van der Waals surface area contributed by atoms with Gasteiger partial charge in [-0.25, -0.2) is 0 Å². The maximum atomic E-state index is 13.4. The summed E-state index contributed by atoms with van der Waals surface area (Å²) in [4.78, 5) is 30.4. The normalized spacial score (nSPS) is 17.3. The molecule has 0 aliphatic carbocycles. The first kappa shape index (κ1) is 27.7. The molecule has 1 aliphatic rings. The molecule has 202 valence electrons. The largest absolute Gasteiger partial charge is 0.493 e. The molecule has 0 radical (unpaired) electrons. The average Bonchev–Trinajstić information content (AvgIpc) is 3.23. The summed E-state index contributed by atoms with van der Waals surface area (Å²) in [6.07, 6.45) is 4.85. The van der Waals surface area contributed by atoms with Crippen molar-refractivity contribution in [2.75, 3.05) is 26.7 Å². The Kier molecular flexibility index (Phi) is 9.10. The van der Waals surface area contributed by atoms with Crippen LogP contribution in [0.3, 0.4) is 0 Å². The Morgan fingerprint density at radius 2 is 1.95 bits per heavy atom. The molecule has 1 unspecified atom stereocenters. The van der Waals surface area contributed by atoms with Crippen LogP contribution in [-0.2, 0) is 29.6 Å². The molecule has 1 aliphatic heterocycles. The van der Waals surface area contributed by atoms with Crippen molar-refractivity contribution >= 4 is 23.4 Å². The Balaban J connectivity index is 1.46. The van der Waals surface area contributed by atoms with E-state index in [4.69, 9.17) is 16.3 Å². The standard InChI is InChI=1S/C30H37ClN4O3/c1-23-25(19-32-34(23)3)13-14-28(36)35-16-8-15-30(21-35,22-38-27-12-7-11-26(31)17-27)18-29(37)33(2)20-24-9-5-4-6-10-24/h4-7,9-12,17,19H,8,13-16,18,20-22H2,1-3H3. The van der Waals surface area contributed by atoms with Crippen LogP contribution in [0.15, 0.2) is 60.8 Å². The van der Waals surface area contributed by atoms with Crippen LogP contribution in [0, 0.1) is 12.3 Å². The fourth-order valence-corrected chi connectivity index (χ4v) is 5.30. The zero-order chi connectivity index (χ0) is 27.1. The second-order valence-corrected chi connectivity index (χ2v) is 10.9. The third-order valence-corrected chi connectivity index (χ3v) is 7.75. The van der Waals surface area contributed by atoms with E-state index in [2.05, 4.69) is 5.10 Å². The summed E-state index contributed by atoms with van der Waals surface area (Å²) in [5.74, 6) is 0.812. The molecule has 0 bridgehead atoms. The first-order valence-corrected chi connectivity index (χ1v) is 13.5. The number of nitrogens with zero attached hydrogens (tertiary/aromatic N) is 4. The SMILES string of the molecule is Cc1c(CCC(=O)N2CCCC(COc3cccc(Cl)c3)(CC(=O)N(C)Cc3ccccc3)C2)cnn1C. The maximum absolute atomic E-state index is 13.4. The van der Waals surface area contributed by atoms with Crippen molar-refractivity contribution in [1.82, 2.24) is 19.6 Å². The lowest BCUT2D eigenvalue weighted by Crippen LogP contribution is -2.50. The van der Waals surface area contributed by atoms with E-state index < -0.39 is 5.41 Å². The molecule has 4 rings (SSSR count). The van der Waals surface area contributed by atoms with Gasteiger partial charge in [-0.05, 0) is 55.5 Å². The number of piperidine rings is 1. The van der Waals surface area contributed by atoms with E-state index in [0.717, 1.165) is 29.7 Å². The molecule has 1 saturated heterocycles. The van der Waals surface area contributed by atoms with E-state index in [-0.39, 0.29) is 11.8 Å². The number of halogens is 1. The molecule has 7 nitrogen and oxygen atoms in total. The molecule has 8 heteroatoms. The molecular formula is C30H37ClN4O3. The summed E-state index contributed by atoms with van der Waals surface area (Å²) >= 11 is 6.17. The highest BCUT2D eigenvalue weighted by Crippen LogP contribution is 2.36. The van der Waals surface area contributed by atoms with Gasteiger partial charge >= 0.3 is 0 Å². The average molecular weight is 537 g/mol. The molecule has 1 atom stereocenters. The van der Waals surface area contributed by atoms with Crippen LogP contribution in [0.5, 0.6) is 5.75 Å². The zero-order valence-corrected chi connectivity index (χ0v) is 23.3. The Bertz CT molecular complexity index is 1250. The van der Waals surface area contributed by atoms with Crippen molar-refractivity contribution in [1.29, 1.82) is 0 Å². The lowest BCUT2D eigenvalue weighted by molar-refractivity contribution is -0.141. The van der Waals surface area contributed by atoms with E-state index >= 15 is 0 Å². The number of likely N-dealkylation sites (tertiary alicyclic amines) is 1. The summed E-state index contributed by atoms with van der Waals surface area (Å²) in [5.41, 5.74) is 2.76.